The monoisotopic (exact) mass is 324 g/mol. The zero-order valence-electron chi connectivity index (χ0n) is 12.2. The molecular formula is C16H18Cl2N2O. The quantitative estimate of drug-likeness (QED) is 0.847. The average molecular weight is 325 g/mol. The Hall–Kier alpha value is -1.45. The topological polar surface area (TPSA) is 34.1 Å². The molecular weight excluding hydrogens is 307 g/mol. The van der Waals surface area contributed by atoms with Gasteiger partial charge < -0.3 is 10.1 Å². The van der Waals surface area contributed by atoms with Crippen molar-refractivity contribution in [2.24, 2.45) is 0 Å². The van der Waals surface area contributed by atoms with Gasteiger partial charge in [-0.25, -0.2) is 4.98 Å². The van der Waals surface area contributed by atoms with Gasteiger partial charge in [0.1, 0.15) is 0 Å². The first kappa shape index (κ1) is 15.9. The Balaban J connectivity index is 0.00000161. The van der Waals surface area contributed by atoms with Crippen molar-refractivity contribution in [2.45, 2.75) is 26.2 Å². The van der Waals surface area contributed by atoms with Gasteiger partial charge in [-0.05, 0) is 18.6 Å². The molecule has 3 rings (SSSR count). The molecule has 1 aliphatic rings. The van der Waals surface area contributed by atoms with Crippen LogP contribution in [-0.2, 0) is 5.41 Å². The minimum absolute atomic E-state index is 0. The van der Waals surface area contributed by atoms with Crippen molar-refractivity contribution >= 4 is 29.7 Å². The third-order valence-electron chi connectivity index (χ3n) is 3.70. The third-order valence-corrected chi connectivity index (χ3v) is 4.00. The van der Waals surface area contributed by atoms with Gasteiger partial charge in [0.05, 0.1) is 5.02 Å². The maximum absolute atomic E-state index is 6.17. The Morgan fingerprint density at radius 2 is 2.10 bits per heavy atom. The van der Waals surface area contributed by atoms with Crippen LogP contribution in [-0.4, -0.2) is 11.5 Å². The van der Waals surface area contributed by atoms with Crippen LogP contribution in [0.2, 0.25) is 5.02 Å². The Labute approximate surface area is 136 Å². The van der Waals surface area contributed by atoms with Crippen LogP contribution < -0.4 is 10.1 Å². The summed E-state index contributed by atoms with van der Waals surface area (Å²) < 4.78 is 5.85. The van der Waals surface area contributed by atoms with E-state index in [-0.39, 0.29) is 17.8 Å². The van der Waals surface area contributed by atoms with Gasteiger partial charge in [-0.3, -0.25) is 0 Å². The molecule has 5 heteroatoms. The molecule has 0 saturated heterocycles. The van der Waals surface area contributed by atoms with Crippen LogP contribution >= 0.6 is 24.0 Å². The number of hydrogen-bond acceptors (Lipinski definition) is 3. The highest BCUT2D eigenvalue weighted by Gasteiger charge is 2.30. The summed E-state index contributed by atoms with van der Waals surface area (Å²) >= 11 is 6.17. The van der Waals surface area contributed by atoms with Crippen LogP contribution in [0.1, 0.15) is 25.0 Å². The van der Waals surface area contributed by atoms with E-state index < -0.39 is 0 Å². The fourth-order valence-corrected chi connectivity index (χ4v) is 2.70. The van der Waals surface area contributed by atoms with Gasteiger partial charge in [0.2, 0.25) is 5.88 Å². The zero-order valence-corrected chi connectivity index (χ0v) is 13.8. The van der Waals surface area contributed by atoms with E-state index in [0.29, 0.717) is 16.7 Å². The minimum Gasteiger partial charge on any atom is -0.437 e. The van der Waals surface area contributed by atoms with Crippen LogP contribution in [0.4, 0.5) is 5.69 Å². The lowest BCUT2D eigenvalue weighted by Crippen LogP contribution is -2.18. The molecule has 112 valence electrons. The normalized spacial score (nSPS) is 14.9. The van der Waals surface area contributed by atoms with E-state index in [1.165, 1.54) is 5.56 Å². The van der Waals surface area contributed by atoms with Crippen molar-refractivity contribution in [3.63, 3.8) is 0 Å². The van der Waals surface area contributed by atoms with Gasteiger partial charge in [0.15, 0.2) is 5.75 Å². The molecule has 0 radical (unpaired) electrons. The highest BCUT2D eigenvalue weighted by molar-refractivity contribution is 6.32. The average Bonchev–Trinajstić information content (AvgIpc) is 2.70. The first-order valence-corrected chi connectivity index (χ1v) is 7.02. The molecule has 0 fully saturated rings. The van der Waals surface area contributed by atoms with Gasteiger partial charge in [0.25, 0.3) is 0 Å². The standard InChI is InChI=1S/C16H17ClN2O.ClH/c1-10-5-4-6-12(17)15(10)20-14-7-13-11(8-18-14)16(2,3)9-19-13;/h4-8,19H,9H2,1-3H3;1H. The molecule has 0 amide bonds. The summed E-state index contributed by atoms with van der Waals surface area (Å²) in [5.41, 5.74) is 3.42. The number of para-hydroxylation sites is 1. The Bertz CT molecular complexity index is 651. The molecule has 1 N–H and O–H groups in total. The Kier molecular flexibility index (Phi) is 4.35. The van der Waals surface area contributed by atoms with Crippen LogP contribution in [0.5, 0.6) is 11.6 Å². The van der Waals surface area contributed by atoms with E-state index in [4.69, 9.17) is 16.3 Å². The maximum Gasteiger partial charge on any atom is 0.221 e. The van der Waals surface area contributed by atoms with E-state index in [0.717, 1.165) is 17.8 Å². The lowest BCUT2D eigenvalue weighted by atomic mass is 9.88. The number of pyridine rings is 1. The fourth-order valence-electron chi connectivity index (χ4n) is 2.44. The molecule has 0 aliphatic carbocycles. The molecule has 21 heavy (non-hydrogen) atoms. The van der Waals surface area contributed by atoms with E-state index in [9.17, 15) is 0 Å². The molecule has 1 aliphatic heterocycles. The summed E-state index contributed by atoms with van der Waals surface area (Å²) in [6.07, 6.45) is 1.89. The molecule has 2 aromatic rings. The number of benzene rings is 1. The number of aromatic nitrogens is 1. The summed E-state index contributed by atoms with van der Waals surface area (Å²) in [4.78, 5) is 4.40. The molecule has 0 bridgehead atoms. The number of hydrogen-bond donors (Lipinski definition) is 1. The van der Waals surface area contributed by atoms with Crippen molar-refractivity contribution in [2.75, 3.05) is 11.9 Å². The number of ether oxygens (including phenoxy) is 1. The van der Waals surface area contributed by atoms with Crippen molar-refractivity contribution < 1.29 is 4.74 Å². The van der Waals surface area contributed by atoms with Crippen LogP contribution in [0.15, 0.2) is 30.5 Å². The molecule has 3 nitrogen and oxygen atoms in total. The molecule has 1 aromatic carbocycles. The molecule has 1 aromatic heterocycles. The second-order valence-corrected chi connectivity index (χ2v) is 6.20. The van der Waals surface area contributed by atoms with Gasteiger partial charge in [-0.1, -0.05) is 37.6 Å². The van der Waals surface area contributed by atoms with E-state index in [1.807, 2.05) is 37.4 Å². The summed E-state index contributed by atoms with van der Waals surface area (Å²) in [5.74, 6) is 1.23. The number of nitrogens with one attached hydrogen (secondary N) is 1. The van der Waals surface area contributed by atoms with Crippen molar-refractivity contribution in [1.82, 2.24) is 4.98 Å². The van der Waals surface area contributed by atoms with E-state index in [1.54, 1.807) is 0 Å². The van der Waals surface area contributed by atoms with Gasteiger partial charge in [-0.2, -0.15) is 0 Å². The summed E-state index contributed by atoms with van der Waals surface area (Å²) in [6.45, 7) is 7.28. The summed E-state index contributed by atoms with van der Waals surface area (Å²) in [6, 6.07) is 7.63. The first-order valence-electron chi connectivity index (χ1n) is 6.65. The first-order chi connectivity index (χ1) is 9.47. The van der Waals surface area contributed by atoms with Crippen LogP contribution in [0.25, 0.3) is 0 Å². The van der Waals surface area contributed by atoms with E-state index in [2.05, 4.69) is 24.1 Å². The SMILES string of the molecule is Cc1cccc(Cl)c1Oc1cc2c(cn1)C(C)(C)CN2.Cl. The Morgan fingerprint density at radius 1 is 1.33 bits per heavy atom. The smallest absolute Gasteiger partial charge is 0.221 e. The number of halogens is 2. The van der Waals surface area contributed by atoms with Gasteiger partial charge >= 0.3 is 0 Å². The predicted molar refractivity (Wildman–Crippen MR) is 89.3 cm³/mol. The van der Waals surface area contributed by atoms with Crippen molar-refractivity contribution in [3.05, 3.63) is 46.6 Å². The number of nitrogens with zero attached hydrogens (tertiary/aromatic N) is 1. The number of aryl methyl sites for hydroxylation is 1. The highest BCUT2D eigenvalue weighted by atomic mass is 35.5. The number of anilines is 1. The van der Waals surface area contributed by atoms with Gasteiger partial charge in [-0.15, -0.1) is 12.4 Å². The molecule has 0 saturated carbocycles. The fraction of sp³-hybridized carbons (Fsp3) is 0.312. The zero-order chi connectivity index (χ0) is 14.3. The van der Waals surface area contributed by atoms with Crippen molar-refractivity contribution in [3.8, 4) is 11.6 Å². The maximum atomic E-state index is 6.17. The van der Waals surface area contributed by atoms with Gasteiger partial charge in [0, 0.05) is 35.5 Å². The third kappa shape index (κ3) is 2.94. The van der Waals surface area contributed by atoms with Crippen LogP contribution in [0.3, 0.4) is 0 Å². The molecule has 2 heterocycles. The van der Waals surface area contributed by atoms with Crippen LogP contribution in [0, 0.1) is 6.92 Å². The second-order valence-electron chi connectivity index (χ2n) is 5.79. The molecule has 0 spiro atoms. The second kappa shape index (κ2) is 5.74. The lowest BCUT2D eigenvalue weighted by Gasteiger charge is -2.16. The summed E-state index contributed by atoms with van der Waals surface area (Å²) in [5, 5.41) is 3.99. The van der Waals surface area contributed by atoms with E-state index >= 15 is 0 Å². The van der Waals surface area contributed by atoms with Crippen molar-refractivity contribution in [1.29, 1.82) is 0 Å². The highest BCUT2D eigenvalue weighted by Crippen LogP contribution is 2.39. The summed E-state index contributed by atoms with van der Waals surface area (Å²) in [7, 11) is 0. The minimum atomic E-state index is 0. The largest absolute Gasteiger partial charge is 0.437 e. The number of fused-ring (bicyclic) bond motifs is 1. The predicted octanol–water partition coefficient (Wildman–Crippen LogP) is 4.96. The Morgan fingerprint density at radius 3 is 2.81 bits per heavy atom. The molecule has 0 atom stereocenters. The lowest BCUT2D eigenvalue weighted by molar-refractivity contribution is 0.459. The number of rotatable bonds is 2. The molecule has 0 unspecified atom stereocenters.